The van der Waals surface area contributed by atoms with Crippen molar-refractivity contribution in [3.05, 3.63) is 39.8 Å². The van der Waals surface area contributed by atoms with E-state index in [1.165, 1.54) is 5.69 Å². The van der Waals surface area contributed by atoms with Gasteiger partial charge in [-0.2, -0.15) is 0 Å². The topological polar surface area (TPSA) is 83.6 Å². The van der Waals surface area contributed by atoms with Crippen LogP contribution in [0, 0.1) is 15.3 Å². The number of aromatic nitrogens is 1. The van der Waals surface area contributed by atoms with Gasteiger partial charge in [0.2, 0.25) is 0 Å². The van der Waals surface area contributed by atoms with Crippen LogP contribution < -0.4 is 9.88 Å². The Balaban J connectivity index is 0.000000310. The van der Waals surface area contributed by atoms with Crippen LogP contribution in [0.15, 0.2) is 24.5 Å². The predicted molar refractivity (Wildman–Crippen MR) is 47.7 cm³/mol. The number of anilines is 1. The van der Waals surface area contributed by atoms with E-state index in [1.54, 1.807) is 0 Å². The molecule has 1 N–H and O–H groups in total. The molecule has 13 heavy (non-hydrogen) atoms. The molecule has 0 atom stereocenters. The lowest BCUT2D eigenvalue weighted by Gasteiger charge is -2.08. The molecule has 1 aromatic rings. The highest BCUT2D eigenvalue weighted by atomic mass is 16.9. The van der Waals surface area contributed by atoms with E-state index in [1.807, 2.05) is 38.6 Å². The highest BCUT2D eigenvalue weighted by Gasteiger charge is 1.91. The van der Waals surface area contributed by atoms with Gasteiger partial charge < -0.3 is 20.2 Å². The second-order valence-electron chi connectivity index (χ2n) is 2.38. The summed E-state index contributed by atoms with van der Waals surface area (Å²) in [5.41, 5.74) is 1.22. The molecule has 6 nitrogen and oxygen atoms in total. The van der Waals surface area contributed by atoms with E-state index < -0.39 is 5.09 Å². The van der Waals surface area contributed by atoms with Crippen molar-refractivity contribution < 1.29 is 10.1 Å². The van der Waals surface area contributed by atoms with Gasteiger partial charge in [0.1, 0.15) is 0 Å². The molecule has 0 fully saturated rings. The molecule has 0 bridgehead atoms. The molecule has 0 saturated carbocycles. The number of H-pyrrole nitrogens is 1. The van der Waals surface area contributed by atoms with Crippen molar-refractivity contribution in [1.29, 1.82) is 0 Å². The predicted octanol–water partition coefficient (Wildman–Crippen LogP) is 0.328. The third-order valence-corrected chi connectivity index (χ3v) is 1.22. The number of hydrogen-bond acceptors (Lipinski definition) is 4. The zero-order valence-corrected chi connectivity index (χ0v) is 7.43. The van der Waals surface area contributed by atoms with Gasteiger partial charge in [0.25, 0.3) is 0 Å². The zero-order valence-electron chi connectivity index (χ0n) is 7.43. The number of aromatic amines is 1. The molecule has 0 saturated heterocycles. The number of nitrogens with zero attached hydrogens (tertiary/aromatic N) is 2. The largest absolute Gasteiger partial charge is 0.377 e. The summed E-state index contributed by atoms with van der Waals surface area (Å²) in [5.74, 6) is 0. The molecule has 0 aromatic carbocycles. The molecule has 72 valence electrons. The summed E-state index contributed by atoms with van der Waals surface area (Å²) in [6.45, 7) is 0. The molecule has 0 aliphatic heterocycles. The average Bonchev–Trinajstić information content (AvgIpc) is 2.05. The summed E-state index contributed by atoms with van der Waals surface area (Å²) >= 11 is 0. The fourth-order valence-electron chi connectivity index (χ4n) is 0.676. The summed E-state index contributed by atoms with van der Waals surface area (Å²) in [6, 6.07) is 4.06. The van der Waals surface area contributed by atoms with E-state index in [0.717, 1.165) is 0 Å². The highest BCUT2D eigenvalue weighted by molar-refractivity contribution is 5.41. The van der Waals surface area contributed by atoms with Crippen molar-refractivity contribution in [2.45, 2.75) is 0 Å². The van der Waals surface area contributed by atoms with Crippen LogP contribution in [0.3, 0.4) is 0 Å². The first-order valence-electron chi connectivity index (χ1n) is 3.49. The average molecular weight is 185 g/mol. The molecule has 0 amide bonds. The summed E-state index contributed by atoms with van der Waals surface area (Å²) in [7, 11) is 4.05. The van der Waals surface area contributed by atoms with Gasteiger partial charge in [0.15, 0.2) is 12.4 Å². The first kappa shape index (κ1) is 11.2. The first-order chi connectivity index (χ1) is 6.04. The number of pyridine rings is 1. The summed E-state index contributed by atoms with van der Waals surface area (Å²) in [4.78, 5) is 13.3. The molecule has 1 heterocycles. The highest BCUT2D eigenvalue weighted by Crippen LogP contribution is 2.04. The molecule has 0 radical (unpaired) electrons. The fourth-order valence-corrected chi connectivity index (χ4v) is 0.676. The van der Waals surface area contributed by atoms with E-state index in [2.05, 4.69) is 9.88 Å². The van der Waals surface area contributed by atoms with Crippen molar-refractivity contribution in [3.8, 4) is 0 Å². The van der Waals surface area contributed by atoms with E-state index in [-0.39, 0.29) is 0 Å². The summed E-state index contributed by atoms with van der Waals surface area (Å²) in [6.07, 6.45) is 3.82. The molecule has 1 aromatic heterocycles. The Labute approximate surface area is 75.5 Å². The smallest absolute Gasteiger partial charge is 0.169 e. The third kappa shape index (κ3) is 6.54. The van der Waals surface area contributed by atoms with Crippen molar-refractivity contribution in [1.82, 2.24) is 0 Å². The van der Waals surface area contributed by atoms with Crippen LogP contribution in [-0.2, 0) is 0 Å². The van der Waals surface area contributed by atoms with E-state index in [4.69, 9.17) is 15.3 Å². The maximum Gasteiger partial charge on any atom is 0.169 e. The van der Waals surface area contributed by atoms with Crippen LogP contribution in [0.1, 0.15) is 0 Å². The second-order valence-corrected chi connectivity index (χ2v) is 2.38. The quantitative estimate of drug-likeness (QED) is 0.466. The lowest BCUT2D eigenvalue weighted by atomic mass is 10.4. The molecule has 6 heteroatoms. The maximum absolute atomic E-state index is 8.25. The van der Waals surface area contributed by atoms with E-state index >= 15 is 0 Å². The Bertz CT molecular complexity index is 246. The zero-order chi connectivity index (χ0) is 10.3. The molecule has 0 unspecified atom stereocenters. The monoisotopic (exact) mass is 185 g/mol. The summed E-state index contributed by atoms with van der Waals surface area (Å²) < 4.78 is 0. The van der Waals surface area contributed by atoms with Gasteiger partial charge in [-0.3, -0.25) is 0 Å². The van der Waals surface area contributed by atoms with Crippen LogP contribution in [0.4, 0.5) is 5.69 Å². The second kappa shape index (κ2) is 5.76. The Hall–Kier alpha value is -1.85. The minimum Gasteiger partial charge on any atom is -0.377 e. The number of hydrogen-bond donors (Lipinski definition) is 0. The van der Waals surface area contributed by atoms with Crippen molar-refractivity contribution >= 4 is 5.69 Å². The lowest BCUT2D eigenvalue weighted by molar-refractivity contribution is -0.402. The molecule has 0 spiro atoms. The van der Waals surface area contributed by atoms with Gasteiger partial charge >= 0.3 is 0 Å². The Morgan fingerprint density at radius 1 is 1.31 bits per heavy atom. The lowest BCUT2D eigenvalue weighted by Crippen LogP contribution is -2.10. The Morgan fingerprint density at radius 3 is 1.92 bits per heavy atom. The van der Waals surface area contributed by atoms with Gasteiger partial charge in [-0.15, -0.1) is 0 Å². The van der Waals surface area contributed by atoms with Gasteiger partial charge in [-0.25, -0.2) is 4.98 Å². The molecule has 0 aliphatic carbocycles. The van der Waals surface area contributed by atoms with Crippen LogP contribution in [0.2, 0.25) is 0 Å². The Kier molecular flexibility index (Phi) is 4.94. The van der Waals surface area contributed by atoms with Crippen LogP contribution in [-0.4, -0.2) is 19.2 Å². The van der Waals surface area contributed by atoms with Gasteiger partial charge in [0, 0.05) is 31.9 Å². The van der Waals surface area contributed by atoms with E-state index in [9.17, 15) is 0 Å². The van der Waals surface area contributed by atoms with Crippen LogP contribution in [0.25, 0.3) is 0 Å². The molecular formula is C7H11N3O3. The Morgan fingerprint density at radius 2 is 1.69 bits per heavy atom. The number of rotatable bonds is 1. The standard InChI is InChI=1S/C7H10N2.NO3/c1-9(2)7-3-5-8-6-4-7;2-1(3)4/h3-6H,1-2H3;/q;-1/p+1. The maximum atomic E-state index is 8.25. The summed E-state index contributed by atoms with van der Waals surface area (Å²) in [5, 5.41) is 14.8. The molecule has 1 rings (SSSR count). The normalized spacial score (nSPS) is 8.15. The SMILES string of the molecule is CN(C)c1cc[nH+]cc1.O=[N+]([O-])[O-]. The first-order valence-corrected chi connectivity index (χ1v) is 3.49. The molecular weight excluding hydrogens is 174 g/mol. The van der Waals surface area contributed by atoms with E-state index in [0.29, 0.717) is 0 Å². The third-order valence-electron chi connectivity index (χ3n) is 1.22. The van der Waals surface area contributed by atoms with Gasteiger partial charge in [-0.05, 0) is 0 Å². The van der Waals surface area contributed by atoms with Crippen LogP contribution >= 0.6 is 0 Å². The van der Waals surface area contributed by atoms with Crippen molar-refractivity contribution in [3.63, 3.8) is 0 Å². The van der Waals surface area contributed by atoms with Crippen molar-refractivity contribution in [2.24, 2.45) is 0 Å². The fraction of sp³-hybridized carbons (Fsp3) is 0.286. The van der Waals surface area contributed by atoms with Crippen molar-refractivity contribution in [2.75, 3.05) is 19.0 Å². The van der Waals surface area contributed by atoms with Crippen LogP contribution in [0.5, 0.6) is 0 Å². The van der Waals surface area contributed by atoms with Gasteiger partial charge in [-0.1, -0.05) is 0 Å². The van der Waals surface area contributed by atoms with Gasteiger partial charge in [0.05, 0.1) is 5.09 Å². The molecule has 0 aliphatic rings. The number of nitrogens with one attached hydrogen (secondary N) is 1. The minimum atomic E-state index is -1.75. The minimum absolute atomic E-state index is 1.22.